The molecule has 0 spiro atoms. The maximum atomic E-state index is 11.4. The summed E-state index contributed by atoms with van der Waals surface area (Å²) in [6, 6.07) is 6.28. The molecule has 3 N–H and O–H groups in total. The van der Waals surface area contributed by atoms with Crippen LogP contribution in [0.4, 0.5) is 0 Å². The molecule has 7 heteroatoms. The number of aryl methyl sites for hydroxylation is 1. The van der Waals surface area contributed by atoms with Gasteiger partial charge in [-0.05, 0) is 24.6 Å². The maximum Gasteiger partial charge on any atom is 0.336 e. The van der Waals surface area contributed by atoms with Crippen molar-refractivity contribution in [2.45, 2.75) is 31.5 Å². The zero-order chi connectivity index (χ0) is 15.9. The first-order valence-corrected chi connectivity index (χ1v) is 6.83. The first-order chi connectivity index (χ1) is 10.5. The van der Waals surface area contributed by atoms with Gasteiger partial charge in [-0.25, -0.2) is 4.79 Å². The fraction of sp³-hybridized carbons (Fsp3) is 0.400. The molecule has 7 nitrogen and oxygen atoms in total. The highest BCUT2D eigenvalue weighted by Crippen LogP contribution is 2.27. The number of ether oxygens (including phenoxy) is 2. The molecule has 1 aromatic heterocycles. The van der Waals surface area contributed by atoms with Gasteiger partial charge in [-0.15, -0.1) is 0 Å². The van der Waals surface area contributed by atoms with Gasteiger partial charge in [-0.3, -0.25) is 0 Å². The summed E-state index contributed by atoms with van der Waals surface area (Å²) in [6.45, 7) is 1.37. The smallest absolute Gasteiger partial charge is 0.336 e. The fourth-order valence-corrected chi connectivity index (χ4v) is 2.48. The van der Waals surface area contributed by atoms with Crippen molar-refractivity contribution in [3.05, 3.63) is 40.2 Å². The summed E-state index contributed by atoms with van der Waals surface area (Å²) in [5.74, 6) is 0.316. The predicted molar refractivity (Wildman–Crippen MR) is 75.6 cm³/mol. The van der Waals surface area contributed by atoms with Gasteiger partial charge < -0.3 is 29.2 Å². The van der Waals surface area contributed by atoms with Gasteiger partial charge in [0.05, 0.1) is 6.61 Å². The first kappa shape index (κ1) is 15.0. The highest BCUT2D eigenvalue weighted by atomic mass is 16.7. The van der Waals surface area contributed by atoms with Crippen molar-refractivity contribution in [2.24, 2.45) is 0 Å². The van der Waals surface area contributed by atoms with Gasteiger partial charge in [-0.1, -0.05) is 0 Å². The molecule has 2 aromatic rings. The molecule has 0 unspecified atom stereocenters. The van der Waals surface area contributed by atoms with E-state index in [2.05, 4.69) is 0 Å². The van der Waals surface area contributed by atoms with Crippen molar-refractivity contribution in [1.29, 1.82) is 0 Å². The summed E-state index contributed by atoms with van der Waals surface area (Å²) in [5.41, 5.74) is 0.676. The minimum absolute atomic E-state index is 0.316. The molecule has 0 aliphatic carbocycles. The summed E-state index contributed by atoms with van der Waals surface area (Å²) < 4.78 is 15.8. The minimum atomic E-state index is -1.28. The van der Waals surface area contributed by atoms with Crippen LogP contribution < -0.4 is 10.4 Å². The van der Waals surface area contributed by atoms with Crippen molar-refractivity contribution < 1.29 is 29.2 Å². The van der Waals surface area contributed by atoms with Crippen LogP contribution in [0.2, 0.25) is 0 Å². The third-order valence-corrected chi connectivity index (χ3v) is 3.67. The second-order valence-corrected chi connectivity index (χ2v) is 5.23. The Morgan fingerprint density at radius 2 is 2.00 bits per heavy atom. The molecule has 0 amide bonds. The third-order valence-electron chi connectivity index (χ3n) is 3.67. The average molecular weight is 308 g/mol. The quantitative estimate of drug-likeness (QED) is 0.680. The Bertz CT molecular complexity index is 738. The third kappa shape index (κ3) is 2.59. The van der Waals surface area contributed by atoms with Gasteiger partial charge in [-0.2, -0.15) is 0 Å². The number of benzene rings is 1. The highest BCUT2D eigenvalue weighted by Gasteiger charge is 2.43. The van der Waals surface area contributed by atoms with Crippen molar-refractivity contribution >= 4 is 11.0 Å². The Morgan fingerprint density at radius 1 is 1.23 bits per heavy atom. The van der Waals surface area contributed by atoms with Crippen LogP contribution in [0.25, 0.3) is 11.0 Å². The number of hydrogen-bond donors (Lipinski definition) is 3. The van der Waals surface area contributed by atoms with Gasteiger partial charge in [0.2, 0.25) is 6.29 Å². The molecule has 0 radical (unpaired) electrons. The maximum absolute atomic E-state index is 11.4. The average Bonchev–Trinajstić information content (AvgIpc) is 2.74. The van der Waals surface area contributed by atoms with E-state index in [1.165, 1.54) is 12.1 Å². The van der Waals surface area contributed by atoms with Crippen LogP contribution in [-0.2, 0) is 4.74 Å². The Kier molecular flexibility index (Phi) is 3.88. The number of rotatable bonds is 3. The lowest BCUT2D eigenvalue weighted by atomic mass is 10.1. The van der Waals surface area contributed by atoms with E-state index in [4.69, 9.17) is 19.0 Å². The van der Waals surface area contributed by atoms with Crippen LogP contribution in [0.5, 0.6) is 5.75 Å². The molecule has 1 aliphatic rings. The van der Waals surface area contributed by atoms with E-state index in [0.717, 1.165) is 10.9 Å². The molecule has 1 fully saturated rings. The van der Waals surface area contributed by atoms with Crippen LogP contribution in [0, 0.1) is 6.92 Å². The monoisotopic (exact) mass is 308 g/mol. The molecule has 4 atom stereocenters. The lowest BCUT2D eigenvalue weighted by Gasteiger charge is -2.17. The second-order valence-electron chi connectivity index (χ2n) is 5.23. The zero-order valence-corrected chi connectivity index (χ0v) is 11.8. The normalized spacial score (nSPS) is 28.2. The number of fused-ring (bicyclic) bond motifs is 1. The number of aliphatic hydroxyl groups excluding tert-OH is 3. The Balaban J connectivity index is 1.87. The molecule has 1 saturated heterocycles. The topological polar surface area (TPSA) is 109 Å². The van der Waals surface area contributed by atoms with Gasteiger partial charge in [0.1, 0.15) is 29.6 Å². The summed E-state index contributed by atoms with van der Waals surface area (Å²) >= 11 is 0. The van der Waals surface area contributed by atoms with E-state index in [0.29, 0.717) is 11.3 Å². The van der Waals surface area contributed by atoms with Gasteiger partial charge in [0.25, 0.3) is 0 Å². The summed E-state index contributed by atoms with van der Waals surface area (Å²) in [5, 5.41) is 29.3. The van der Waals surface area contributed by atoms with Crippen molar-refractivity contribution in [1.82, 2.24) is 0 Å². The Hall–Kier alpha value is -1.93. The van der Waals surface area contributed by atoms with E-state index in [1.54, 1.807) is 19.1 Å². The summed E-state index contributed by atoms with van der Waals surface area (Å²) in [7, 11) is 0. The lowest BCUT2D eigenvalue weighted by Crippen LogP contribution is -2.35. The van der Waals surface area contributed by atoms with E-state index in [-0.39, 0.29) is 0 Å². The van der Waals surface area contributed by atoms with E-state index in [1.807, 2.05) is 0 Å². The van der Waals surface area contributed by atoms with Crippen molar-refractivity contribution in [3.8, 4) is 5.75 Å². The molecular weight excluding hydrogens is 292 g/mol. The predicted octanol–water partition coefficient (Wildman–Crippen LogP) is -0.0808. The Morgan fingerprint density at radius 3 is 2.68 bits per heavy atom. The van der Waals surface area contributed by atoms with Crippen LogP contribution in [0.3, 0.4) is 0 Å². The van der Waals surface area contributed by atoms with Gasteiger partial charge >= 0.3 is 5.63 Å². The molecule has 1 aromatic carbocycles. The van der Waals surface area contributed by atoms with Crippen LogP contribution in [-0.4, -0.2) is 46.5 Å². The minimum Gasteiger partial charge on any atom is -0.462 e. The van der Waals surface area contributed by atoms with Gasteiger partial charge in [0.15, 0.2) is 0 Å². The molecule has 0 saturated carbocycles. The molecule has 22 heavy (non-hydrogen) atoms. The zero-order valence-electron chi connectivity index (χ0n) is 11.8. The molecular formula is C15H16O7. The summed E-state index contributed by atoms with van der Waals surface area (Å²) in [6.07, 6.45) is -4.52. The van der Waals surface area contributed by atoms with Crippen LogP contribution in [0.1, 0.15) is 5.56 Å². The molecule has 118 valence electrons. The fourth-order valence-electron chi connectivity index (χ4n) is 2.48. The molecule has 2 heterocycles. The Labute approximate surface area is 125 Å². The second kappa shape index (κ2) is 5.69. The molecule has 3 rings (SSSR count). The van der Waals surface area contributed by atoms with E-state index in [9.17, 15) is 15.0 Å². The number of hydrogen-bond acceptors (Lipinski definition) is 7. The lowest BCUT2D eigenvalue weighted by molar-refractivity contribution is -0.116. The van der Waals surface area contributed by atoms with Crippen LogP contribution >= 0.6 is 0 Å². The van der Waals surface area contributed by atoms with E-state index >= 15 is 0 Å². The standard InChI is InChI=1S/C15H16O7/c1-7-4-12(17)21-10-5-8(2-3-9(7)10)20-15-14(19)13(18)11(6-16)22-15/h2-5,11,13-16,18-19H,6H2,1H3/t11-,13+,14-,15+/m1/s1. The number of aliphatic hydroxyl groups is 3. The first-order valence-electron chi connectivity index (χ1n) is 6.83. The van der Waals surface area contributed by atoms with Crippen LogP contribution in [0.15, 0.2) is 33.5 Å². The van der Waals surface area contributed by atoms with Crippen molar-refractivity contribution in [2.75, 3.05) is 6.61 Å². The SMILES string of the molecule is Cc1cc(=O)oc2cc(O[C@H]3O[C@H](CO)[C@H](O)[C@H]3O)ccc12. The van der Waals surface area contributed by atoms with Gasteiger partial charge in [0, 0.05) is 17.5 Å². The van der Waals surface area contributed by atoms with Crippen molar-refractivity contribution in [3.63, 3.8) is 0 Å². The molecule has 0 bridgehead atoms. The molecule has 1 aliphatic heterocycles. The summed E-state index contributed by atoms with van der Waals surface area (Å²) in [4.78, 5) is 11.4. The largest absolute Gasteiger partial charge is 0.462 e. The van der Waals surface area contributed by atoms with E-state index < -0.39 is 36.8 Å². The highest BCUT2D eigenvalue weighted by molar-refractivity contribution is 5.81.